The van der Waals surface area contributed by atoms with Crippen LogP contribution in [0.15, 0.2) is 23.0 Å². The standard InChI is InChI=1S/C7H5Cl2N3/c8-3-6(9)5-12-2-1-11-7(12)4-10/h1-3H,5H2. The van der Waals surface area contributed by atoms with Gasteiger partial charge in [-0.3, -0.25) is 0 Å². The highest BCUT2D eigenvalue weighted by molar-refractivity contribution is 6.36. The minimum atomic E-state index is 0.326. The summed E-state index contributed by atoms with van der Waals surface area (Å²) in [6, 6.07) is 1.93. The quantitative estimate of drug-likeness (QED) is 0.736. The zero-order chi connectivity index (χ0) is 8.97. The maximum absolute atomic E-state index is 8.56. The second kappa shape index (κ2) is 4.15. The second-order valence-electron chi connectivity index (χ2n) is 2.05. The van der Waals surface area contributed by atoms with E-state index in [1.807, 2.05) is 6.07 Å². The Hall–Kier alpha value is -0.980. The molecule has 0 saturated carbocycles. The van der Waals surface area contributed by atoms with E-state index in [-0.39, 0.29) is 0 Å². The largest absolute Gasteiger partial charge is 0.317 e. The number of aromatic nitrogens is 2. The summed E-state index contributed by atoms with van der Waals surface area (Å²) in [7, 11) is 0. The van der Waals surface area contributed by atoms with Gasteiger partial charge in [0.15, 0.2) is 0 Å². The van der Waals surface area contributed by atoms with Gasteiger partial charge < -0.3 is 4.57 Å². The van der Waals surface area contributed by atoms with E-state index >= 15 is 0 Å². The molecule has 0 fully saturated rings. The highest BCUT2D eigenvalue weighted by atomic mass is 35.5. The van der Waals surface area contributed by atoms with Crippen molar-refractivity contribution in [3.8, 4) is 6.07 Å². The molecule has 0 saturated heterocycles. The van der Waals surface area contributed by atoms with Crippen LogP contribution in [-0.4, -0.2) is 9.55 Å². The number of halogens is 2. The van der Waals surface area contributed by atoms with Gasteiger partial charge in [0.05, 0.1) is 6.54 Å². The number of allylic oxidation sites excluding steroid dienone is 1. The Morgan fingerprint density at radius 1 is 1.83 bits per heavy atom. The Morgan fingerprint density at radius 2 is 2.58 bits per heavy atom. The van der Waals surface area contributed by atoms with Crippen LogP contribution < -0.4 is 0 Å². The summed E-state index contributed by atoms with van der Waals surface area (Å²) in [5, 5.41) is 9.03. The van der Waals surface area contributed by atoms with Gasteiger partial charge in [0.25, 0.3) is 0 Å². The van der Waals surface area contributed by atoms with Gasteiger partial charge in [0.1, 0.15) is 6.07 Å². The number of rotatable bonds is 2. The fourth-order valence-electron chi connectivity index (χ4n) is 0.747. The SMILES string of the molecule is N#Cc1nccn1CC(Cl)=CCl. The lowest BCUT2D eigenvalue weighted by molar-refractivity contribution is 0.794. The van der Waals surface area contributed by atoms with Gasteiger partial charge in [-0.2, -0.15) is 5.26 Å². The topological polar surface area (TPSA) is 41.6 Å². The molecular formula is C7H5Cl2N3. The van der Waals surface area contributed by atoms with Crippen LogP contribution in [0.5, 0.6) is 0 Å². The number of hydrogen-bond donors (Lipinski definition) is 0. The van der Waals surface area contributed by atoms with Crippen LogP contribution in [0, 0.1) is 11.3 Å². The maximum atomic E-state index is 8.56. The first-order chi connectivity index (χ1) is 5.77. The molecule has 0 aliphatic heterocycles. The number of hydrogen-bond acceptors (Lipinski definition) is 2. The van der Waals surface area contributed by atoms with E-state index in [9.17, 15) is 0 Å². The molecule has 3 nitrogen and oxygen atoms in total. The first-order valence-electron chi connectivity index (χ1n) is 3.14. The average molecular weight is 202 g/mol. The lowest BCUT2D eigenvalue weighted by Gasteiger charge is -1.99. The predicted molar refractivity (Wildman–Crippen MR) is 46.7 cm³/mol. The van der Waals surface area contributed by atoms with Crippen LogP contribution in [0.1, 0.15) is 5.82 Å². The summed E-state index contributed by atoms with van der Waals surface area (Å²) in [5.41, 5.74) is 1.27. The molecule has 12 heavy (non-hydrogen) atoms. The Morgan fingerprint density at radius 3 is 3.17 bits per heavy atom. The third kappa shape index (κ3) is 2.00. The van der Waals surface area contributed by atoms with Gasteiger partial charge in [-0.15, -0.1) is 0 Å². The molecule has 0 unspecified atom stereocenters. The highest BCUT2D eigenvalue weighted by Gasteiger charge is 2.01. The summed E-state index contributed by atoms with van der Waals surface area (Å²) in [5.74, 6) is 0.326. The van der Waals surface area contributed by atoms with E-state index in [2.05, 4.69) is 4.98 Å². The molecule has 1 aromatic heterocycles. The van der Waals surface area contributed by atoms with Crippen molar-refractivity contribution in [2.24, 2.45) is 0 Å². The summed E-state index contributed by atoms with van der Waals surface area (Å²) in [4.78, 5) is 3.79. The Labute approximate surface area is 79.8 Å². The first kappa shape index (κ1) is 9.11. The summed E-state index contributed by atoms with van der Waals surface area (Å²) >= 11 is 11.0. The van der Waals surface area contributed by atoms with E-state index in [1.165, 1.54) is 11.7 Å². The molecule has 0 aromatic carbocycles. The summed E-state index contributed by atoms with van der Waals surface area (Å²) in [6.07, 6.45) is 3.21. The van der Waals surface area contributed by atoms with Gasteiger partial charge in [-0.05, 0) is 0 Å². The normalized spacial score (nSPS) is 11.2. The second-order valence-corrected chi connectivity index (χ2v) is 2.75. The smallest absolute Gasteiger partial charge is 0.213 e. The van der Waals surface area contributed by atoms with Crippen LogP contribution >= 0.6 is 23.2 Å². The fourth-order valence-corrected chi connectivity index (χ4v) is 0.945. The van der Waals surface area contributed by atoms with Crippen molar-refractivity contribution >= 4 is 23.2 Å². The Bertz CT molecular complexity index is 335. The van der Waals surface area contributed by atoms with Crippen molar-refractivity contribution in [2.45, 2.75) is 6.54 Å². The molecule has 1 heterocycles. The summed E-state index contributed by atoms with van der Waals surface area (Å²) < 4.78 is 1.61. The Kier molecular flexibility index (Phi) is 3.15. The van der Waals surface area contributed by atoms with Crippen molar-refractivity contribution in [3.63, 3.8) is 0 Å². The van der Waals surface area contributed by atoms with Gasteiger partial charge >= 0.3 is 0 Å². The maximum Gasteiger partial charge on any atom is 0.213 e. The number of nitrogens with zero attached hydrogens (tertiary/aromatic N) is 3. The van der Waals surface area contributed by atoms with E-state index in [1.54, 1.807) is 10.8 Å². The van der Waals surface area contributed by atoms with Crippen LogP contribution in [-0.2, 0) is 6.54 Å². The molecule has 0 amide bonds. The minimum absolute atomic E-state index is 0.326. The first-order valence-corrected chi connectivity index (χ1v) is 3.95. The average Bonchev–Trinajstić information content (AvgIpc) is 2.51. The Balaban J connectivity index is 2.83. The molecule has 5 heteroatoms. The van der Waals surface area contributed by atoms with E-state index in [0.717, 1.165) is 0 Å². The van der Waals surface area contributed by atoms with E-state index < -0.39 is 0 Å². The zero-order valence-electron chi connectivity index (χ0n) is 6.04. The van der Waals surface area contributed by atoms with Crippen molar-refractivity contribution in [3.05, 3.63) is 28.8 Å². The van der Waals surface area contributed by atoms with Crippen LogP contribution in [0.2, 0.25) is 0 Å². The van der Waals surface area contributed by atoms with Crippen molar-refractivity contribution < 1.29 is 0 Å². The van der Waals surface area contributed by atoms with Crippen molar-refractivity contribution in [1.82, 2.24) is 9.55 Å². The van der Waals surface area contributed by atoms with Gasteiger partial charge in [0, 0.05) is 23.0 Å². The highest BCUT2D eigenvalue weighted by Crippen LogP contribution is 2.08. The lowest BCUT2D eigenvalue weighted by Crippen LogP contribution is -1.99. The number of imidazole rings is 1. The van der Waals surface area contributed by atoms with Crippen LogP contribution in [0.3, 0.4) is 0 Å². The van der Waals surface area contributed by atoms with Gasteiger partial charge in [0.2, 0.25) is 5.82 Å². The lowest BCUT2D eigenvalue weighted by atomic mass is 10.5. The van der Waals surface area contributed by atoms with Crippen LogP contribution in [0.4, 0.5) is 0 Å². The van der Waals surface area contributed by atoms with E-state index in [0.29, 0.717) is 17.4 Å². The molecule has 0 radical (unpaired) electrons. The zero-order valence-corrected chi connectivity index (χ0v) is 7.55. The molecule has 0 bridgehead atoms. The molecular weight excluding hydrogens is 197 g/mol. The van der Waals surface area contributed by atoms with Crippen LogP contribution in [0.25, 0.3) is 0 Å². The molecule has 62 valence electrons. The predicted octanol–water partition coefficient (Wildman–Crippen LogP) is 2.07. The third-order valence-electron chi connectivity index (χ3n) is 1.26. The minimum Gasteiger partial charge on any atom is -0.317 e. The van der Waals surface area contributed by atoms with E-state index in [4.69, 9.17) is 28.5 Å². The molecule has 0 atom stereocenters. The molecule has 0 spiro atoms. The fraction of sp³-hybridized carbons (Fsp3) is 0.143. The van der Waals surface area contributed by atoms with Crippen molar-refractivity contribution in [2.75, 3.05) is 0 Å². The molecule has 0 aliphatic rings. The third-order valence-corrected chi connectivity index (χ3v) is 1.86. The monoisotopic (exact) mass is 201 g/mol. The molecule has 0 N–H and O–H groups in total. The molecule has 0 aliphatic carbocycles. The number of nitriles is 1. The van der Waals surface area contributed by atoms with Gasteiger partial charge in [-0.25, -0.2) is 4.98 Å². The molecule has 1 aromatic rings. The van der Waals surface area contributed by atoms with Crippen molar-refractivity contribution in [1.29, 1.82) is 5.26 Å². The molecule has 1 rings (SSSR count). The van der Waals surface area contributed by atoms with Gasteiger partial charge in [-0.1, -0.05) is 23.2 Å². The summed E-state index contributed by atoms with van der Waals surface area (Å²) in [6.45, 7) is 0.383.